The van der Waals surface area contributed by atoms with Gasteiger partial charge in [0.15, 0.2) is 0 Å². The first kappa shape index (κ1) is 40.1. The predicted molar refractivity (Wildman–Crippen MR) is 227 cm³/mol. The third-order valence-electron chi connectivity index (χ3n) is 15.2. The molecule has 3 aliphatic carbocycles. The van der Waals surface area contributed by atoms with Crippen LogP contribution in [-0.2, 0) is 19.1 Å². The highest BCUT2D eigenvalue weighted by Crippen LogP contribution is 2.56. The number of likely N-dealkylation sites (tertiary alicyclic amines) is 2. The fourth-order valence-electron chi connectivity index (χ4n) is 11.5. The number of aromatic amines is 2. The van der Waals surface area contributed by atoms with E-state index in [0.29, 0.717) is 75.8 Å². The third kappa shape index (κ3) is 7.74. The lowest BCUT2D eigenvalue weighted by Gasteiger charge is -2.35. The van der Waals surface area contributed by atoms with Crippen molar-refractivity contribution in [3.8, 4) is 22.5 Å². The number of benzene rings is 2. The molecule has 330 valence electrons. The number of fused-ring (bicyclic) bond motifs is 2. The zero-order chi connectivity index (χ0) is 42.9. The Morgan fingerprint density at radius 1 is 0.587 bits per heavy atom. The van der Waals surface area contributed by atoms with Crippen molar-refractivity contribution < 1.29 is 38.9 Å². The van der Waals surface area contributed by atoms with E-state index < -0.39 is 24.3 Å². The molecule has 6 heterocycles. The van der Waals surface area contributed by atoms with E-state index in [1.54, 1.807) is 0 Å². The standard InChI is InChI=1S/C47H54N8O8/c56-44(40(52-46(58)59)28-9-13-62-14-10-28)54-36-17-30(36)19-38(54)42-48-22-34(50-42)26-5-1-24(2-6-26)32-21-33(32)25-3-7-27(8-4-25)35-23-49-43(51-35)39-20-31-18-37(31)55(39)45(57)41(53-47(60)61)29-11-15-63-16-12-29/h1-8,22-23,28-33,36-41,52-53H,9-21H2,(H,48,50)(H,49,51)(H,58,59)(H,60,61)/t30-,31-,32-,33-,36-,37-,38+,39+,40+,41+/m1/s1. The summed E-state index contributed by atoms with van der Waals surface area (Å²) in [5.74, 6) is 2.65. The molecule has 16 nitrogen and oxygen atoms in total. The Hall–Kier alpha value is -5.74. The van der Waals surface area contributed by atoms with Gasteiger partial charge >= 0.3 is 12.2 Å². The van der Waals surface area contributed by atoms with Gasteiger partial charge in [0.05, 0.1) is 35.9 Å². The molecule has 0 bridgehead atoms. The average molecular weight is 859 g/mol. The number of piperidine rings is 2. The largest absolute Gasteiger partial charge is 0.465 e. The van der Waals surface area contributed by atoms with Gasteiger partial charge < -0.3 is 50.1 Å². The van der Waals surface area contributed by atoms with Gasteiger partial charge in [0.2, 0.25) is 11.8 Å². The van der Waals surface area contributed by atoms with Gasteiger partial charge in [-0.2, -0.15) is 0 Å². The monoisotopic (exact) mass is 858 g/mol. The number of imidazole rings is 2. The molecular weight excluding hydrogens is 805 g/mol. The van der Waals surface area contributed by atoms with Crippen LogP contribution in [0.15, 0.2) is 60.9 Å². The van der Waals surface area contributed by atoms with Gasteiger partial charge in [-0.25, -0.2) is 19.6 Å². The Kier molecular flexibility index (Phi) is 10.2. The number of carboxylic acid groups (broad SMARTS) is 2. The van der Waals surface area contributed by atoms with Gasteiger partial charge in [0, 0.05) is 38.5 Å². The van der Waals surface area contributed by atoms with Crippen LogP contribution in [0.1, 0.15) is 104 Å². The molecule has 10 atom stereocenters. The van der Waals surface area contributed by atoms with Gasteiger partial charge in [-0.05, 0) is 116 Å². The molecule has 16 heteroatoms. The average Bonchev–Trinajstić information content (AvgIpc) is 4.23. The molecule has 4 aromatic rings. The number of carbonyl (C=O) groups is 4. The van der Waals surface area contributed by atoms with Crippen molar-refractivity contribution in [2.75, 3.05) is 26.4 Å². The molecule has 4 saturated heterocycles. The molecule has 0 unspecified atom stereocenters. The van der Waals surface area contributed by atoms with Crippen LogP contribution in [0.5, 0.6) is 0 Å². The van der Waals surface area contributed by atoms with E-state index in [1.165, 1.54) is 11.1 Å². The normalized spacial score (nSPS) is 29.7. The summed E-state index contributed by atoms with van der Waals surface area (Å²) >= 11 is 0. The van der Waals surface area contributed by atoms with Crippen LogP contribution in [-0.4, -0.2) is 115 Å². The Morgan fingerprint density at radius 3 is 1.37 bits per heavy atom. The number of hydrogen-bond donors (Lipinski definition) is 6. The van der Waals surface area contributed by atoms with Crippen molar-refractivity contribution in [3.63, 3.8) is 0 Å². The second-order valence-electron chi connectivity index (χ2n) is 18.9. The number of ether oxygens (including phenoxy) is 2. The van der Waals surface area contributed by atoms with Crippen LogP contribution in [0.25, 0.3) is 22.5 Å². The molecule has 2 aromatic carbocycles. The maximum atomic E-state index is 14.0. The van der Waals surface area contributed by atoms with Crippen molar-refractivity contribution in [2.24, 2.45) is 23.7 Å². The molecule has 63 heavy (non-hydrogen) atoms. The number of nitrogens with one attached hydrogen (secondary N) is 4. The number of nitrogens with zero attached hydrogens (tertiary/aromatic N) is 4. The van der Waals surface area contributed by atoms with Crippen molar-refractivity contribution in [1.29, 1.82) is 0 Å². The van der Waals surface area contributed by atoms with Crippen LogP contribution >= 0.6 is 0 Å². The first-order valence-electron chi connectivity index (χ1n) is 22.8. The van der Waals surface area contributed by atoms with Gasteiger partial charge in [-0.3, -0.25) is 9.59 Å². The number of hydrogen-bond acceptors (Lipinski definition) is 8. The molecule has 7 aliphatic rings. The summed E-state index contributed by atoms with van der Waals surface area (Å²) in [6.45, 7) is 2.11. The molecule has 4 amide bonds. The van der Waals surface area contributed by atoms with Gasteiger partial charge in [-0.15, -0.1) is 0 Å². The van der Waals surface area contributed by atoms with E-state index in [2.05, 4.69) is 69.1 Å². The summed E-state index contributed by atoms with van der Waals surface area (Å²) in [6, 6.07) is 15.5. The zero-order valence-corrected chi connectivity index (χ0v) is 35.0. The molecule has 6 N–H and O–H groups in total. The first-order chi connectivity index (χ1) is 30.7. The number of rotatable bonds is 12. The lowest BCUT2D eigenvalue weighted by molar-refractivity contribution is -0.138. The van der Waals surface area contributed by atoms with E-state index in [1.807, 2.05) is 22.2 Å². The lowest BCUT2D eigenvalue weighted by atomic mass is 9.90. The molecule has 7 fully saturated rings. The van der Waals surface area contributed by atoms with Crippen LogP contribution in [0, 0.1) is 23.7 Å². The minimum absolute atomic E-state index is 0.0954. The Labute approximate surface area is 364 Å². The van der Waals surface area contributed by atoms with Crippen LogP contribution < -0.4 is 10.6 Å². The Morgan fingerprint density at radius 2 is 0.984 bits per heavy atom. The molecule has 0 radical (unpaired) electrons. The highest BCUT2D eigenvalue weighted by atomic mass is 16.5. The highest BCUT2D eigenvalue weighted by molar-refractivity contribution is 5.88. The second-order valence-corrected chi connectivity index (χ2v) is 18.9. The second kappa shape index (κ2) is 16.1. The molecule has 3 saturated carbocycles. The third-order valence-corrected chi connectivity index (χ3v) is 15.2. The minimum atomic E-state index is -1.18. The summed E-state index contributed by atoms with van der Waals surface area (Å²) in [5.41, 5.74) is 6.38. The summed E-state index contributed by atoms with van der Waals surface area (Å²) in [5, 5.41) is 24.3. The van der Waals surface area contributed by atoms with Gasteiger partial charge in [0.25, 0.3) is 0 Å². The van der Waals surface area contributed by atoms with E-state index in [-0.39, 0.29) is 47.8 Å². The van der Waals surface area contributed by atoms with Crippen molar-refractivity contribution in [3.05, 3.63) is 83.7 Å². The smallest absolute Gasteiger partial charge is 0.405 e. The Balaban J connectivity index is 0.726. The summed E-state index contributed by atoms with van der Waals surface area (Å²) in [4.78, 5) is 72.0. The minimum Gasteiger partial charge on any atom is -0.465 e. The topological polar surface area (TPSA) is 215 Å². The van der Waals surface area contributed by atoms with E-state index in [4.69, 9.17) is 19.4 Å². The van der Waals surface area contributed by atoms with Crippen LogP contribution in [0.4, 0.5) is 9.59 Å². The summed E-state index contributed by atoms with van der Waals surface area (Å²) in [6.07, 6.45) is 8.49. The Bertz CT molecular complexity index is 2210. The number of carbonyl (C=O) groups excluding carboxylic acids is 2. The van der Waals surface area contributed by atoms with E-state index >= 15 is 0 Å². The molecule has 2 aromatic heterocycles. The van der Waals surface area contributed by atoms with Crippen molar-refractivity contribution in [1.82, 2.24) is 40.4 Å². The first-order valence-corrected chi connectivity index (χ1v) is 22.8. The fourth-order valence-corrected chi connectivity index (χ4v) is 11.5. The lowest BCUT2D eigenvalue weighted by Crippen LogP contribution is -2.53. The highest BCUT2D eigenvalue weighted by Gasteiger charge is 2.58. The van der Waals surface area contributed by atoms with Crippen molar-refractivity contribution in [2.45, 2.75) is 106 Å². The van der Waals surface area contributed by atoms with E-state index in [9.17, 15) is 29.4 Å². The number of amides is 4. The van der Waals surface area contributed by atoms with Crippen LogP contribution in [0.3, 0.4) is 0 Å². The number of H-pyrrole nitrogens is 2. The molecule has 0 spiro atoms. The SMILES string of the molecule is O=C(O)N[C@H](C(=O)N1[C@@H]2C[C@@H]2C[C@H]1c1ncc(-c2ccc([C@H]3C[C@@H]3c3ccc(-c4cnc([C@@H]5C[C@H]6C[C@H]6N5C(=O)[C@@H](NC(=O)O)C5CCOCC5)[nH]4)cc3)cc2)[nH]1)C1CCOCC1. The quantitative estimate of drug-likeness (QED) is 0.0951. The number of aromatic nitrogens is 4. The van der Waals surface area contributed by atoms with Crippen molar-refractivity contribution >= 4 is 24.0 Å². The van der Waals surface area contributed by atoms with Gasteiger partial charge in [-0.1, -0.05) is 48.5 Å². The van der Waals surface area contributed by atoms with Gasteiger partial charge in [0.1, 0.15) is 23.7 Å². The molecule has 11 rings (SSSR count). The maximum absolute atomic E-state index is 14.0. The molecule has 4 aliphatic heterocycles. The fraction of sp³-hybridized carbons (Fsp3) is 0.532. The van der Waals surface area contributed by atoms with E-state index in [0.717, 1.165) is 66.3 Å². The predicted octanol–water partition coefficient (Wildman–Crippen LogP) is 6.19. The summed E-state index contributed by atoms with van der Waals surface area (Å²) < 4.78 is 11.0. The van der Waals surface area contributed by atoms with Crippen LogP contribution in [0.2, 0.25) is 0 Å². The maximum Gasteiger partial charge on any atom is 0.405 e. The summed E-state index contributed by atoms with van der Waals surface area (Å²) in [7, 11) is 0. The zero-order valence-electron chi connectivity index (χ0n) is 35.0. The molecular formula is C47H54N8O8.